The lowest BCUT2D eigenvalue weighted by Gasteiger charge is -2.41. The third-order valence-electron chi connectivity index (χ3n) is 4.53. The third kappa shape index (κ3) is 3.61. The third-order valence-corrected chi connectivity index (χ3v) is 9.01. The van der Waals surface area contributed by atoms with Crippen molar-refractivity contribution >= 4 is 14.3 Å². The van der Waals surface area contributed by atoms with Crippen molar-refractivity contribution in [1.82, 2.24) is 0 Å². The van der Waals surface area contributed by atoms with E-state index < -0.39 is 8.32 Å². The molecule has 0 saturated heterocycles. The summed E-state index contributed by atoms with van der Waals surface area (Å²) >= 11 is 0. The van der Waals surface area contributed by atoms with Gasteiger partial charge in [0.05, 0.1) is 13.2 Å². The predicted molar refractivity (Wildman–Crippen MR) is 85.2 cm³/mol. The number of ether oxygens (including phenoxy) is 1. The highest BCUT2D eigenvalue weighted by Gasteiger charge is 2.41. The molecule has 0 aromatic carbocycles. The Bertz CT molecular complexity index is 441. The lowest BCUT2D eigenvalue weighted by molar-refractivity contribution is -0.136. The van der Waals surface area contributed by atoms with Gasteiger partial charge < -0.3 is 9.16 Å². The van der Waals surface area contributed by atoms with Crippen molar-refractivity contribution in [2.24, 2.45) is 0 Å². The molecule has 0 heterocycles. The Morgan fingerprint density at radius 3 is 2.35 bits per heavy atom. The van der Waals surface area contributed by atoms with E-state index in [0.29, 0.717) is 6.42 Å². The van der Waals surface area contributed by atoms with Gasteiger partial charge in [0.1, 0.15) is 0 Å². The summed E-state index contributed by atoms with van der Waals surface area (Å²) in [5, 5.41) is 0.148. The molecule has 0 aromatic heterocycles. The Morgan fingerprint density at radius 2 is 1.90 bits per heavy atom. The second-order valence-electron chi connectivity index (χ2n) is 7.16. The smallest absolute Gasteiger partial charge is 0.333 e. The van der Waals surface area contributed by atoms with E-state index in [4.69, 9.17) is 9.16 Å². The van der Waals surface area contributed by atoms with Gasteiger partial charge >= 0.3 is 5.97 Å². The molecule has 0 aliphatic heterocycles. The maximum Gasteiger partial charge on any atom is 0.333 e. The van der Waals surface area contributed by atoms with Crippen LogP contribution >= 0.6 is 0 Å². The number of carbonyl (C=O) groups excluding carboxylic acids is 1. The highest BCUT2D eigenvalue weighted by molar-refractivity contribution is 6.74. The average Bonchev–Trinajstić information content (AvgIpc) is 2.30. The van der Waals surface area contributed by atoms with Crippen LogP contribution in [0.3, 0.4) is 0 Å². The number of allylic oxidation sites excluding steroid dienone is 1. The van der Waals surface area contributed by atoms with E-state index in [-0.39, 0.29) is 17.1 Å². The molecule has 0 fully saturated rings. The average molecular weight is 296 g/mol. The second kappa shape index (κ2) is 5.86. The van der Waals surface area contributed by atoms with Gasteiger partial charge in [0.15, 0.2) is 8.32 Å². The molecule has 0 spiro atoms. The van der Waals surface area contributed by atoms with E-state index in [1.165, 1.54) is 7.11 Å². The van der Waals surface area contributed by atoms with Crippen molar-refractivity contribution < 1.29 is 14.0 Å². The molecule has 1 aliphatic rings. The Labute approximate surface area is 124 Å². The molecule has 0 aromatic rings. The van der Waals surface area contributed by atoms with Crippen molar-refractivity contribution in [2.75, 3.05) is 7.11 Å². The molecule has 0 N–H and O–H groups in total. The Kier molecular flexibility index (Phi) is 5.03. The van der Waals surface area contributed by atoms with E-state index in [0.717, 1.165) is 23.1 Å². The summed E-state index contributed by atoms with van der Waals surface area (Å²) in [6, 6.07) is 0. The number of rotatable bonds is 3. The van der Waals surface area contributed by atoms with Gasteiger partial charge in [-0.25, -0.2) is 4.79 Å². The van der Waals surface area contributed by atoms with Gasteiger partial charge in [0.25, 0.3) is 0 Å². The van der Waals surface area contributed by atoms with E-state index in [2.05, 4.69) is 40.4 Å². The van der Waals surface area contributed by atoms with Gasteiger partial charge in [-0.1, -0.05) is 32.9 Å². The lowest BCUT2D eigenvalue weighted by Crippen LogP contribution is -2.45. The molecular formula is C16H28O3Si. The molecule has 0 saturated carbocycles. The Morgan fingerprint density at radius 1 is 1.35 bits per heavy atom. The first kappa shape index (κ1) is 17.2. The summed E-state index contributed by atoms with van der Waals surface area (Å²) in [4.78, 5) is 11.8. The SMILES string of the molecule is C=C1CC(C)=C(C(=O)OC)CC1O[Si](C)(C)C(C)(C)C. The summed E-state index contributed by atoms with van der Waals surface area (Å²) in [6.45, 7) is 17.2. The summed E-state index contributed by atoms with van der Waals surface area (Å²) in [7, 11) is -0.440. The molecule has 1 unspecified atom stereocenters. The number of hydrogen-bond donors (Lipinski definition) is 0. The van der Waals surface area contributed by atoms with E-state index in [9.17, 15) is 4.79 Å². The Balaban J connectivity index is 2.94. The van der Waals surface area contributed by atoms with Gasteiger partial charge in [-0.05, 0) is 37.0 Å². The maximum absolute atomic E-state index is 11.8. The van der Waals surface area contributed by atoms with Crippen molar-refractivity contribution in [3.05, 3.63) is 23.3 Å². The molecule has 1 atom stereocenters. The van der Waals surface area contributed by atoms with Gasteiger partial charge in [0.2, 0.25) is 0 Å². The van der Waals surface area contributed by atoms with Gasteiger partial charge in [-0.15, -0.1) is 0 Å². The molecule has 0 radical (unpaired) electrons. The molecular weight excluding hydrogens is 268 g/mol. The van der Waals surface area contributed by atoms with E-state index in [1.54, 1.807) is 0 Å². The van der Waals surface area contributed by atoms with Crippen LogP contribution in [0.2, 0.25) is 18.1 Å². The number of hydrogen-bond acceptors (Lipinski definition) is 3. The highest BCUT2D eigenvalue weighted by atomic mass is 28.4. The fraction of sp³-hybridized carbons (Fsp3) is 0.688. The molecule has 0 bridgehead atoms. The van der Waals surface area contributed by atoms with Crippen LogP contribution in [-0.2, 0) is 14.0 Å². The van der Waals surface area contributed by atoms with Crippen LogP contribution in [0.1, 0.15) is 40.5 Å². The Hall–Kier alpha value is -0.873. The summed E-state index contributed by atoms with van der Waals surface area (Å²) < 4.78 is 11.3. The van der Waals surface area contributed by atoms with Crippen LogP contribution in [0.4, 0.5) is 0 Å². The first-order chi connectivity index (χ1) is 8.99. The minimum atomic E-state index is -1.87. The molecule has 1 aliphatic carbocycles. The zero-order valence-electron chi connectivity index (χ0n) is 13.9. The van der Waals surface area contributed by atoms with E-state index in [1.807, 2.05) is 6.92 Å². The number of esters is 1. The predicted octanol–water partition coefficient (Wildman–Crippen LogP) is 4.22. The van der Waals surface area contributed by atoms with Crippen LogP contribution in [0, 0.1) is 0 Å². The molecule has 3 nitrogen and oxygen atoms in total. The van der Waals surface area contributed by atoms with Crippen molar-refractivity contribution in [3.63, 3.8) is 0 Å². The van der Waals surface area contributed by atoms with Crippen LogP contribution in [-0.4, -0.2) is 27.5 Å². The standard InChI is InChI=1S/C16H28O3Si/c1-11-9-12(2)14(10-13(11)15(17)18-6)19-20(7,8)16(3,4)5/h14H,2,9-10H2,1,3-8H3. The number of carbonyl (C=O) groups is 1. The topological polar surface area (TPSA) is 35.5 Å². The second-order valence-corrected chi connectivity index (χ2v) is 11.9. The van der Waals surface area contributed by atoms with Crippen molar-refractivity contribution in [1.29, 1.82) is 0 Å². The first-order valence-electron chi connectivity index (χ1n) is 7.12. The van der Waals surface area contributed by atoms with Gasteiger partial charge in [-0.3, -0.25) is 0 Å². The molecule has 0 amide bonds. The summed E-state index contributed by atoms with van der Waals surface area (Å²) in [6.07, 6.45) is 1.25. The summed E-state index contributed by atoms with van der Waals surface area (Å²) in [5.74, 6) is -0.237. The zero-order chi connectivity index (χ0) is 15.7. The van der Waals surface area contributed by atoms with Crippen LogP contribution < -0.4 is 0 Å². The van der Waals surface area contributed by atoms with E-state index >= 15 is 0 Å². The first-order valence-corrected chi connectivity index (χ1v) is 10.0. The minimum Gasteiger partial charge on any atom is -0.466 e. The summed E-state index contributed by atoms with van der Waals surface area (Å²) in [5.41, 5.74) is 2.88. The van der Waals surface area contributed by atoms with Crippen LogP contribution in [0.25, 0.3) is 0 Å². The quantitative estimate of drug-likeness (QED) is 0.444. The van der Waals surface area contributed by atoms with Gasteiger partial charge in [0, 0.05) is 12.0 Å². The molecule has 20 heavy (non-hydrogen) atoms. The molecule has 114 valence electrons. The van der Waals surface area contributed by atoms with Crippen molar-refractivity contribution in [3.8, 4) is 0 Å². The number of methoxy groups -OCH3 is 1. The van der Waals surface area contributed by atoms with Crippen LogP contribution in [0.5, 0.6) is 0 Å². The molecule has 1 rings (SSSR count). The minimum absolute atomic E-state index is 0.0614. The highest BCUT2D eigenvalue weighted by Crippen LogP contribution is 2.40. The fourth-order valence-electron chi connectivity index (χ4n) is 2.10. The normalized spacial score (nSPS) is 21.1. The van der Waals surface area contributed by atoms with Gasteiger partial charge in [-0.2, -0.15) is 0 Å². The van der Waals surface area contributed by atoms with Crippen LogP contribution in [0.15, 0.2) is 23.3 Å². The fourth-order valence-corrected chi connectivity index (χ4v) is 3.42. The monoisotopic (exact) mass is 296 g/mol. The maximum atomic E-state index is 11.8. The van der Waals surface area contributed by atoms with Crippen molar-refractivity contribution in [2.45, 2.75) is 64.8 Å². The zero-order valence-corrected chi connectivity index (χ0v) is 14.9. The largest absolute Gasteiger partial charge is 0.466 e. The molecule has 4 heteroatoms. The lowest BCUT2D eigenvalue weighted by atomic mass is 9.87.